The van der Waals surface area contributed by atoms with Crippen LogP contribution in [0.2, 0.25) is 0 Å². The molecule has 1 rings (SSSR count). The first kappa shape index (κ1) is 14.3. The molecule has 1 aromatic carbocycles. The van der Waals surface area contributed by atoms with E-state index in [9.17, 15) is 9.90 Å². The lowest BCUT2D eigenvalue weighted by Gasteiger charge is -2.09. The fourth-order valence-corrected chi connectivity index (χ4v) is 1.53. The molecule has 0 aliphatic rings. The number of nitrogens with one attached hydrogen (secondary N) is 2. The van der Waals surface area contributed by atoms with Gasteiger partial charge in [0.25, 0.3) is 5.91 Å². The number of carbonyl (C=O) groups is 1. The molecule has 0 aliphatic carbocycles. The van der Waals surface area contributed by atoms with Crippen molar-refractivity contribution < 1.29 is 14.6 Å². The number of phenols is 1. The zero-order valence-electron chi connectivity index (χ0n) is 10.8. The van der Waals surface area contributed by atoms with Crippen LogP contribution in [0.1, 0.15) is 23.7 Å². The summed E-state index contributed by atoms with van der Waals surface area (Å²) in [4.78, 5) is 11.8. The van der Waals surface area contributed by atoms with Crippen LogP contribution in [0.25, 0.3) is 0 Å². The third-order valence-electron chi connectivity index (χ3n) is 2.48. The Morgan fingerprint density at radius 1 is 1.33 bits per heavy atom. The molecule has 1 amide bonds. The third-order valence-corrected chi connectivity index (χ3v) is 2.48. The Hall–Kier alpha value is -1.75. The van der Waals surface area contributed by atoms with E-state index in [-0.39, 0.29) is 17.2 Å². The lowest BCUT2D eigenvalue weighted by Crippen LogP contribution is -2.32. The molecule has 0 radical (unpaired) electrons. The number of hydrogen-bond acceptors (Lipinski definition) is 4. The Bertz CT molecular complexity index is 394. The highest BCUT2D eigenvalue weighted by molar-refractivity contribution is 5.97. The Balaban J connectivity index is 2.51. The summed E-state index contributed by atoms with van der Waals surface area (Å²) in [6.07, 6.45) is 1.06. The Morgan fingerprint density at radius 3 is 2.78 bits per heavy atom. The predicted octanol–water partition coefficient (Wildman–Crippen LogP) is 1.13. The molecular weight excluding hydrogens is 232 g/mol. The third kappa shape index (κ3) is 3.92. The van der Waals surface area contributed by atoms with E-state index in [1.807, 2.05) is 0 Å². The van der Waals surface area contributed by atoms with Crippen LogP contribution in [0.15, 0.2) is 18.2 Å². The highest BCUT2D eigenvalue weighted by Crippen LogP contribution is 2.28. The molecule has 100 valence electrons. The fourth-order valence-electron chi connectivity index (χ4n) is 1.53. The molecule has 5 nitrogen and oxygen atoms in total. The van der Waals surface area contributed by atoms with E-state index in [4.69, 9.17) is 4.74 Å². The van der Waals surface area contributed by atoms with Crippen molar-refractivity contribution >= 4 is 5.91 Å². The van der Waals surface area contributed by atoms with Crippen LogP contribution in [-0.4, -0.2) is 37.8 Å². The van der Waals surface area contributed by atoms with Crippen LogP contribution in [0.3, 0.4) is 0 Å². The average Bonchev–Trinajstić information content (AvgIpc) is 2.38. The van der Waals surface area contributed by atoms with Crippen molar-refractivity contribution in [2.24, 2.45) is 0 Å². The van der Waals surface area contributed by atoms with Crippen molar-refractivity contribution in [2.45, 2.75) is 13.3 Å². The summed E-state index contributed by atoms with van der Waals surface area (Å²) >= 11 is 0. The van der Waals surface area contributed by atoms with E-state index >= 15 is 0 Å². The van der Waals surface area contributed by atoms with Crippen molar-refractivity contribution in [3.63, 3.8) is 0 Å². The van der Waals surface area contributed by atoms with Crippen LogP contribution < -0.4 is 15.4 Å². The number of methoxy groups -OCH3 is 1. The molecule has 0 heterocycles. The van der Waals surface area contributed by atoms with Gasteiger partial charge in [-0.2, -0.15) is 0 Å². The molecule has 1 aromatic rings. The number of phenolic OH excluding ortho intramolecular Hbond substituents is 1. The zero-order chi connectivity index (χ0) is 13.4. The minimum Gasteiger partial charge on any atom is -0.504 e. The summed E-state index contributed by atoms with van der Waals surface area (Å²) in [7, 11) is 1.45. The summed E-state index contributed by atoms with van der Waals surface area (Å²) in [6.45, 7) is 4.25. The van der Waals surface area contributed by atoms with Crippen molar-refractivity contribution in [2.75, 3.05) is 26.7 Å². The van der Waals surface area contributed by atoms with E-state index in [1.165, 1.54) is 7.11 Å². The summed E-state index contributed by atoms with van der Waals surface area (Å²) in [6, 6.07) is 4.84. The highest BCUT2D eigenvalue weighted by atomic mass is 16.5. The largest absolute Gasteiger partial charge is 0.504 e. The molecule has 0 aromatic heterocycles. The second kappa shape index (κ2) is 7.55. The molecule has 0 aliphatic heterocycles. The van der Waals surface area contributed by atoms with Gasteiger partial charge in [-0.25, -0.2) is 0 Å². The number of hydrogen-bond donors (Lipinski definition) is 3. The molecule has 3 N–H and O–H groups in total. The van der Waals surface area contributed by atoms with E-state index in [1.54, 1.807) is 18.2 Å². The van der Waals surface area contributed by atoms with Crippen LogP contribution in [0.5, 0.6) is 11.5 Å². The van der Waals surface area contributed by atoms with Crippen molar-refractivity contribution in [1.29, 1.82) is 0 Å². The zero-order valence-corrected chi connectivity index (χ0v) is 10.8. The number of amides is 1. The van der Waals surface area contributed by atoms with Gasteiger partial charge < -0.3 is 20.5 Å². The minimum absolute atomic E-state index is 0.126. The standard InChI is InChI=1S/C13H20N2O3/c1-3-7-14-8-9-15-13(17)10-5-4-6-11(18-2)12(10)16/h4-6,14,16H,3,7-9H2,1-2H3,(H,15,17). The van der Waals surface area contributed by atoms with Crippen LogP contribution in [-0.2, 0) is 0 Å². The lowest BCUT2D eigenvalue weighted by atomic mass is 10.1. The normalized spacial score (nSPS) is 10.1. The summed E-state index contributed by atoms with van der Waals surface area (Å²) < 4.78 is 4.95. The summed E-state index contributed by atoms with van der Waals surface area (Å²) in [5.41, 5.74) is 0.227. The van der Waals surface area contributed by atoms with Gasteiger partial charge in [0, 0.05) is 13.1 Å². The Kier molecular flexibility index (Phi) is 6.00. The van der Waals surface area contributed by atoms with Gasteiger partial charge in [-0.15, -0.1) is 0 Å². The number of ether oxygens (including phenoxy) is 1. The van der Waals surface area contributed by atoms with Gasteiger partial charge in [0.15, 0.2) is 11.5 Å². The number of carbonyl (C=O) groups excluding carboxylic acids is 1. The lowest BCUT2D eigenvalue weighted by molar-refractivity contribution is 0.0950. The molecule has 0 fully saturated rings. The van der Waals surface area contributed by atoms with Gasteiger partial charge in [0.2, 0.25) is 0 Å². The molecule has 0 saturated carbocycles. The van der Waals surface area contributed by atoms with Gasteiger partial charge >= 0.3 is 0 Å². The molecule has 0 spiro atoms. The first-order chi connectivity index (χ1) is 8.70. The Morgan fingerprint density at radius 2 is 2.11 bits per heavy atom. The smallest absolute Gasteiger partial charge is 0.255 e. The second-order valence-electron chi connectivity index (χ2n) is 3.86. The topological polar surface area (TPSA) is 70.6 Å². The number of benzene rings is 1. The van der Waals surface area contributed by atoms with Gasteiger partial charge in [0.1, 0.15) is 0 Å². The maximum absolute atomic E-state index is 11.8. The highest BCUT2D eigenvalue weighted by Gasteiger charge is 2.13. The van der Waals surface area contributed by atoms with Crippen LogP contribution in [0.4, 0.5) is 0 Å². The average molecular weight is 252 g/mol. The molecule has 0 saturated heterocycles. The van der Waals surface area contributed by atoms with Crippen LogP contribution >= 0.6 is 0 Å². The maximum Gasteiger partial charge on any atom is 0.255 e. The fraction of sp³-hybridized carbons (Fsp3) is 0.462. The monoisotopic (exact) mass is 252 g/mol. The van der Waals surface area contributed by atoms with E-state index in [0.717, 1.165) is 13.0 Å². The maximum atomic E-state index is 11.8. The quantitative estimate of drug-likeness (QED) is 0.636. The molecule has 0 unspecified atom stereocenters. The van der Waals surface area contributed by atoms with Crippen molar-refractivity contribution in [3.05, 3.63) is 23.8 Å². The predicted molar refractivity (Wildman–Crippen MR) is 70.2 cm³/mol. The first-order valence-corrected chi connectivity index (χ1v) is 6.05. The van der Waals surface area contributed by atoms with Gasteiger partial charge in [0.05, 0.1) is 12.7 Å². The minimum atomic E-state index is -0.301. The number of aromatic hydroxyl groups is 1. The molecule has 5 heteroatoms. The SMILES string of the molecule is CCCNCCNC(=O)c1cccc(OC)c1O. The number of rotatable bonds is 7. The van der Waals surface area contributed by atoms with Gasteiger partial charge in [-0.3, -0.25) is 4.79 Å². The van der Waals surface area contributed by atoms with Gasteiger partial charge in [-0.1, -0.05) is 13.0 Å². The molecule has 18 heavy (non-hydrogen) atoms. The first-order valence-electron chi connectivity index (χ1n) is 6.05. The summed E-state index contributed by atoms with van der Waals surface area (Å²) in [5, 5.41) is 15.7. The molecule has 0 bridgehead atoms. The molecule has 0 atom stereocenters. The Labute approximate surface area is 107 Å². The van der Waals surface area contributed by atoms with Crippen LogP contribution in [0, 0.1) is 0 Å². The molecular formula is C13H20N2O3. The summed E-state index contributed by atoms with van der Waals surface area (Å²) in [5.74, 6) is -0.129. The van der Waals surface area contributed by atoms with E-state index < -0.39 is 0 Å². The van der Waals surface area contributed by atoms with Crippen molar-refractivity contribution in [3.8, 4) is 11.5 Å². The van der Waals surface area contributed by atoms with Crippen molar-refractivity contribution in [1.82, 2.24) is 10.6 Å². The number of para-hydroxylation sites is 1. The van der Waals surface area contributed by atoms with E-state index in [0.29, 0.717) is 18.8 Å². The van der Waals surface area contributed by atoms with E-state index in [2.05, 4.69) is 17.6 Å². The second-order valence-corrected chi connectivity index (χ2v) is 3.86. The van der Waals surface area contributed by atoms with Gasteiger partial charge in [-0.05, 0) is 25.1 Å².